The third-order valence-corrected chi connectivity index (χ3v) is 3.86. The number of rotatable bonds is 9. The van der Waals surface area contributed by atoms with Crippen molar-refractivity contribution in [2.75, 3.05) is 19.3 Å². The molecule has 0 heterocycles. The van der Waals surface area contributed by atoms with Gasteiger partial charge in [-0.05, 0) is 33.7 Å². The predicted molar refractivity (Wildman–Crippen MR) is 64.8 cm³/mol. The van der Waals surface area contributed by atoms with Gasteiger partial charge in [0.25, 0.3) is 0 Å². The molecule has 0 amide bonds. The summed E-state index contributed by atoms with van der Waals surface area (Å²) < 4.78 is 24.7. The number of unbranched alkanes of at least 4 members (excludes halogenated alkanes) is 1. The minimum absolute atomic E-state index is 0.109. The molecule has 0 aliphatic rings. The summed E-state index contributed by atoms with van der Waals surface area (Å²) >= 11 is 0. The fourth-order valence-corrected chi connectivity index (χ4v) is 2.01. The van der Waals surface area contributed by atoms with Crippen LogP contribution in [0.15, 0.2) is 0 Å². The fraction of sp³-hybridized carbons (Fsp3) is 0.900. The highest BCUT2D eigenvalue weighted by Gasteiger charge is 2.10. The largest absolute Gasteiger partial charge is 0.311 e. The van der Waals surface area contributed by atoms with Gasteiger partial charge in [0.05, 0.1) is 11.8 Å². The van der Waals surface area contributed by atoms with Gasteiger partial charge < -0.3 is 5.32 Å². The Bertz CT molecular complexity index is 301. The Morgan fingerprint density at radius 2 is 1.94 bits per heavy atom. The molecular formula is C10H22N2O3S. The van der Waals surface area contributed by atoms with Crippen LogP contribution in [0.2, 0.25) is 0 Å². The van der Waals surface area contributed by atoms with Crippen LogP contribution in [0.25, 0.3) is 0 Å². The number of Topliss-reactive ketones (excluding diaryl/α,β-unsaturated/α-hetero) is 1. The van der Waals surface area contributed by atoms with Crippen LogP contribution in [0.3, 0.4) is 0 Å². The number of carbonyl (C=O) groups excluding carboxylic acids is 1. The third kappa shape index (κ3) is 6.92. The van der Waals surface area contributed by atoms with Crippen molar-refractivity contribution in [3.63, 3.8) is 0 Å². The van der Waals surface area contributed by atoms with Crippen molar-refractivity contribution in [2.24, 2.45) is 0 Å². The van der Waals surface area contributed by atoms with E-state index in [-0.39, 0.29) is 17.6 Å². The molecule has 0 saturated carbocycles. The Morgan fingerprint density at radius 3 is 2.38 bits per heavy atom. The smallest absolute Gasteiger partial charge is 0.211 e. The summed E-state index contributed by atoms with van der Waals surface area (Å²) in [5, 5.41) is 2.93. The predicted octanol–water partition coefficient (Wildman–Crippen LogP) is 0.273. The molecule has 0 unspecified atom stereocenters. The molecule has 2 N–H and O–H groups in total. The summed E-state index contributed by atoms with van der Waals surface area (Å²) in [6, 6.07) is -0.109. The van der Waals surface area contributed by atoms with Gasteiger partial charge in [0, 0.05) is 6.54 Å². The Balaban J connectivity index is 3.65. The van der Waals surface area contributed by atoms with Gasteiger partial charge in [-0.2, -0.15) is 0 Å². The van der Waals surface area contributed by atoms with Crippen LogP contribution in [0.4, 0.5) is 0 Å². The maximum Gasteiger partial charge on any atom is 0.211 e. The Labute approximate surface area is 98.0 Å². The van der Waals surface area contributed by atoms with E-state index in [2.05, 4.69) is 10.0 Å². The highest BCUT2D eigenvalue weighted by molar-refractivity contribution is 7.89. The van der Waals surface area contributed by atoms with Crippen molar-refractivity contribution >= 4 is 15.8 Å². The Hall–Kier alpha value is -0.460. The van der Waals surface area contributed by atoms with Crippen LogP contribution in [0.1, 0.15) is 33.1 Å². The molecule has 0 aliphatic heterocycles. The zero-order valence-electron chi connectivity index (χ0n) is 10.2. The molecule has 6 heteroatoms. The molecule has 0 spiro atoms. The van der Waals surface area contributed by atoms with Gasteiger partial charge in [0.1, 0.15) is 5.78 Å². The van der Waals surface area contributed by atoms with E-state index in [4.69, 9.17) is 0 Å². The van der Waals surface area contributed by atoms with Gasteiger partial charge in [-0.1, -0.05) is 6.42 Å². The minimum atomic E-state index is -3.07. The number of sulfonamides is 1. The zero-order valence-corrected chi connectivity index (χ0v) is 11.1. The average Bonchev–Trinajstić information content (AvgIpc) is 2.22. The first-order valence-corrected chi connectivity index (χ1v) is 7.23. The molecule has 5 nitrogen and oxygen atoms in total. The van der Waals surface area contributed by atoms with E-state index in [0.29, 0.717) is 6.54 Å². The molecule has 0 aromatic rings. The van der Waals surface area contributed by atoms with E-state index in [9.17, 15) is 13.2 Å². The first-order valence-electron chi connectivity index (χ1n) is 5.58. The molecule has 0 saturated heterocycles. The van der Waals surface area contributed by atoms with Gasteiger partial charge in [-0.3, -0.25) is 4.79 Å². The van der Waals surface area contributed by atoms with Crippen molar-refractivity contribution in [3.8, 4) is 0 Å². The van der Waals surface area contributed by atoms with Gasteiger partial charge >= 0.3 is 0 Å². The number of carbonyl (C=O) groups is 1. The second-order valence-electron chi connectivity index (χ2n) is 3.75. The van der Waals surface area contributed by atoms with Crippen LogP contribution < -0.4 is 10.0 Å². The number of hydrogen-bond acceptors (Lipinski definition) is 4. The number of nitrogens with one attached hydrogen (secondary N) is 2. The summed E-state index contributed by atoms with van der Waals surface area (Å²) in [7, 11) is -1.32. The molecule has 0 aliphatic carbocycles. The van der Waals surface area contributed by atoms with Crippen LogP contribution in [-0.4, -0.2) is 39.6 Å². The summed E-state index contributed by atoms with van der Waals surface area (Å²) in [5.74, 6) is 0.233. The zero-order chi connectivity index (χ0) is 12.6. The maximum atomic E-state index is 11.1. The van der Waals surface area contributed by atoms with E-state index < -0.39 is 10.0 Å². The molecular weight excluding hydrogens is 228 g/mol. The topological polar surface area (TPSA) is 75.3 Å². The maximum absolute atomic E-state index is 11.1. The number of hydrogen-bond donors (Lipinski definition) is 2. The molecule has 0 bridgehead atoms. The van der Waals surface area contributed by atoms with Gasteiger partial charge in [-0.15, -0.1) is 0 Å². The van der Waals surface area contributed by atoms with Crippen LogP contribution in [0.5, 0.6) is 0 Å². The van der Waals surface area contributed by atoms with Crippen molar-refractivity contribution in [3.05, 3.63) is 0 Å². The number of ketones is 1. The first kappa shape index (κ1) is 15.5. The van der Waals surface area contributed by atoms with E-state index in [1.807, 2.05) is 0 Å². The van der Waals surface area contributed by atoms with E-state index in [0.717, 1.165) is 19.3 Å². The monoisotopic (exact) mass is 250 g/mol. The van der Waals surface area contributed by atoms with Gasteiger partial charge in [0.2, 0.25) is 10.0 Å². The Morgan fingerprint density at radius 1 is 1.31 bits per heavy atom. The lowest BCUT2D eigenvalue weighted by atomic mass is 10.1. The summed E-state index contributed by atoms with van der Waals surface area (Å²) in [6.07, 6.45) is 2.34. The first-order chi connectivity index (χ1) is 7.43. The SMILES string of the molecule is CCS(=O)(=O)NCCCC[C@H](NC)C(C)=O. The fourth-order valence-electron chi connectivity index (χ4n) is 1.35. The van der Waals surface area contributed by atoms with E-state index in [1.54, 1.807) is 20.9 Å². The third-order valence-electron chi connectivity index (χ3n) is 2.46. The molecule has 96 valence electrons. The second-order valence-corrected chi connectivity index (χ2v) is 5.84. The lowest BCUT2D eigenvalue weighted by Gasteiger charge is -2.12. The molecule has 0 rings (SSSR count). The quantitative estimate of drug-likeness (QED) is 0.576. The lowest BCUT2D eigenvalue weighted by Crippen LogP contribution is -2.32. The summed E-state index contributed by atoms with van der Waals surface area (Å²) in [5.41, 5.74) is 0. The van der Waals surface area contributed by atoms with E-state index in [1.165, 1.54) is 0 Å². The van der Waals surface area contributed by atoms with Gasteiger partial charge in [0.15, 0.2) is 0 Å². The van der Waals surface area contributed by atoms with Crippen LogP contribution in [0, 0.1) is 0 Å². The standard InChI is InChI=1S/C10H22N2O3S/c1-4-16(14,15)12-8-6-5-7-10(11-3)9(2)13/h10-12H,4-8H2,1-3H3/t10-/m0/s1. The minimum Gasteiger partial charge on any atom is -0.311 e. The Kier molecular flexibility index (Phi) is 7.53. The molecule has 0 radical (unpaired) electrons. The van der Waals surface area contributed by atoms with Crippen LogP contribution >= 0.6 is 0 Å². The molecule has 16 heavy (non-hydrogen) atoms. The molecule has 0 aromatic heterocycles. The van der Waals surface area contributed by atoms with Crippen LogP contribution in [-0.2, 0) is 14.8 Å². The van der Waals surface area contributed by atoms with E-state index >= 15 is 0 Å². The van der Waals surface area contributed by atoms with Crippen molar-refractivity contribution < 1.29 is 13.2 Å². The van der Waals surface area contributed by atoms with Gasteiger partial charge in [-0.25, -0.2) is 13.1 Å². The molecule has 0 aromatic carbocycles. The van der Waals surface area contributed by atoms with Crippen molar-refractivity contribution in [1.29, 1.82) is 0 Å². The van der Waals surface area contributed by atoms with Crippen molar-refractivity contribution in [2.45, 2.75) is 39.2 Å². The average molecular weight is 250 g/mol. The normalized spacial score (nSPS) is 13.7. The van der Waals surface area contributed by atoms with Crippen molar-refractivity contribution in [1.82, 2.24) is 10.0 Å². The summed E-state index contributed by atoms with van der Waals surface area (Å²) in [6.45, 7) is 3.61. The second kappa shape index (κ2) is 7.76. The highest BCUT2D eigenvalue weighted by atomic mass is 32.2. The lowest BCUT2D eigenvalue weighted by molar-refractivity contribution is -0.119. The number of likely N-dealkylation sites (N-methyl/N-ethyl adjacent to an activating group) is 1. The highest BCUT2D eigenvalue weighted by Crippen LogP contribution is 2.01. The summed E-state index contributed by atoms with van der Waals surface area (Å²) in [4.78, 5) is 11.1. The molecule has 0 fully saturated rings. The molecule has 1 atom stereocenters.